The third-order valence-corrected chi connectivity index (χ3v) is 5.49. The van der Waals surface area contributed by atoms with Gasteiger partial charge in [0.15, 0.2) is 0 Å². The van der Waals surface area contributed by atoms with E-state index in [-0.39, 0.29) is 11.3 Å². The number of carbonyl (C=O) groups is 1. The van der Waals surface area contributed by atoms with Crippen molar-refractivity contribution >= 4 is 17.7 Å². The maximum Gasteiger partial charge on any atom is 0.307 e. The van der Waals surface area contributed by atoms with E-state index in [4.69, 9.17) is 5.11 Å². The fourth-order valence-electron chi connectivity index (χ4n) is 2.57. The van der Waals surface area contributed by atoms with Crippen LogP contribution in [0.5, 0.6) is 0 Å². The predicted octanol–water partition coefficient (Wildman–Crippen LogP) is 2.88. The van der Waals surface area contributed by atoms with Crippen LogP contribution in [-0.4, -0.2) is 22.6 Å². The van der Waals surface area contributed by atoms with Gasteiger partial charge in [0.05, 0.1) is 5.92 Å². The molecule has 2 aliphatic rings. The summed E-state index contributed by atoms with van der Waals surface area (Å²) in [6.07, 6.45) is 4.19. The molecule has 2 rings (SSSR count). The lowest BCUT2D eigenvalue weighted by Gasteiger charge is -2.24. The number of carboxylic acid groups (broad SMARTS) is 1. The van der Waals surface area contributed by atoms with Crippen LogP contribution in [-0.2, 0) is 4.79 Å². The van der Waals surface area contributed by atoms with E-state index in [9.17, 15) is 4.79 Å². The van der Waals surface area contributed by atoms with Crippen molar-refractivity contribution in [2.45, 2.75) is 33.1 Å². The highest BCUT2D eigenvalue weighted by atomic mass is 32.2. The molecule has 2 fully saturated rings. The van der Waals surface area contributed by atoms with Crippen LogP contribution in [0.25, 0.3) is 0 Å². The molecule has 0 saturated heterocycles. The lowest BCUT2D eigenvalue weighted by Crippen LogP contribution is -2.14. The summed E-state index contributed by atoms with van der Waals surface area (Å²) in [6.45, 7) is 4.17. The Labute approximate surface area is 95.8 Å². The summed E-state index contributed by atoms with van der Waals surface area (Å²) in [4.78, 5) is 10.9. The Bertz CT molecular complexity index is 258. The Kier molecular flexibility index (Phi) is 3.02. The maximum atomic E-state index is 10.9. The first kappa shape index (κ1) is 11.3. The van der Waals surface area contributed by atoms with E-state index in [1.165, 1.54) is 25.0 Å². The Hall–Kier alpha value is -0.180. The SMILES string of the molecule is CC1(C)[C@H](CSCC2CCC2)[C@H]1C(=O)O. The van der Waals surface area contributed by atoms with Gasteiger partial charge in [0.25, 0.3) is 0 Å². The van der Waals surface area contributed by atoms with Gasteiger partial charge in [-0.15, -0.1) is 0 Å². The summed E-state index contributed by atoms with van der Waals surface area (Å²) in [5.74, 6) is 2.93. The van der Waals surface area contributed by atoms with Crippen molar-refractivity contribution in [1.82, 2.24) is 0 Å². The molecule has 1 N–H and O–H groups in total. The first-order valence-corrected chi connectivity index (χ1v) is 6.99. The highest BCUT2D eigenvalue weighted by Crippen LogP contribution is 2.59. The summed E-state index contributed by atoms with van der Waals surface area (Å²) >= 11 is 1.97. The van der Waals surface area contributed by atoms with Crippen molar-refractivity contribution in [2.24, 2.45) is 23.2 Å². The minimum Gasteiger partial charge on any atom is -0.481 e. The first-order chi connectivity index (χ1) is 7.03. The highest BCUT2D eigenvalue weighted by molar-refractivity contribution is 7.99. The fourth-order valence-corrected chi connectivity index (χ4v) is 4.25. The molecule has 0 spiro atoms. The van der Waals surface area contributed by atoms with Crippen molar-refractivity contribution in [3.8, 4) is 0 Å². The Morgan fingerprint density at radius 3 is 2.47 bits per heavy atom. The van der Waals surface area contributed by atoms with Crippen LogP contribution >= 0.6 is 11.8 Å². The van der Waals surface area contributed by atoms with Crippen LogP contribution in [0.2, 0.25) is 0 Å². The van der Waals surface area contributed by atoms with E-state index in [1.807, 2.05) is 11.8 Å². The van der Waals surface area contributed by atoms with Gasteiger partial charge in [-0.05, 0) is 41.6 Å². The van der Waals surface area contributed by atoms with Gasteiger partial charge in [0.2, 0.25) is 0 Å². The van der Waals surface area contributed by atoms with Gasteiger partial charge in [0.1, 0.15) is 0 Å². The van der Waals surface area contributed by atoms with Crippen LogP contribution in [0.3, 0.4) is 0 Å². The third kappa shape index (κ3) is 2.17. The monoisotopic (exact) mass is 228 g/mol. The third-order valence-electron chi connectivity index (χ3n) is 4.19. The second-order valence-electron chi connectivity index (χ2n) is 5.58. The minimum atomic E-state index is -0.603. The lowest BCUT2D eigenvalue weighted by atomic mass is 9.87. The van der Waals surface area contributed by atoms with Crippen molar-refractivity contribution in [3.05, 3.63) is 0 Å². The van der Waals surface area contributed by atoms with Gasteiger partial charge in [-0.2, -0.15) is 11.8 Å². The van der Waals surface area contributed by atoms with Crippen molar-refractivity contribution in [3.63, 3.8) is 0 Å². The summed E-state index contributed by atoms with van der Waals surface area (Å²) in [5.41, 5.74) is 0.0401. The molecule has 0 radical (unpaired) electrons. The Morgan fingerprint density at radius 2 is 2.07 bits per heavy atom. The van der Waals surface area contributed by atoms with E-state index in [1.54, 1.807) is 0 Å². The largest absolute Gasteiger partial charge is 0.481 e. The second kappa shape index (κ2) is 4.00. The maximum absolute atomic E-state index is 10.9. The number of rotatable bonds is 5. The molecule has 0 aliphatic heterocycles. The average molecular weight is 228 g/mol. The van der Waals surface area contributed by atoms with Crippen LogP contribution in [0.1, 0.15) is 33.1 Å². The topological polar surface area (TPSA) is 37.3 Å². The minimum absolute atomic E-state index is 0.0401. The molecule has 3 heteroatoms. The Morgan fingerprint density at radius 1 is 1.40 bits per heavy atom. The zero-order chi connectivity index (χ0) is 11.1. The molecule has 0 amide bonds. The van der Waals surface area contributed by atoms with Crippen molar-refractivity contribution in [2.75, 3.05) is 11.5 Å². The zero-order valence-electron chi connectivity index (χ0n) is 9.53. The quantitative estimate of drug-likeness (QED) is 0.786. The van der Waals surface area contributed by atoms with Crippen molar-refractivity contribution in [1.29, 1.82) is 0 Å². The number of hydrogen-bond donors (Lipinski definition) is 1. The molecule has 2 saturated carbocycles. The van der Waals surface area contributed by atoms with E-state index >= 15 is 0 Å². The molecule has 0 bridgehead atoms. The van der Waals surface area contributed by atoms with Gasteiger partial charge < -0.3 is 5.11 Å². The van der Waals surface area contributed by atoms with Gasteiger partial charge in [-0.3, -0.25) is 4.79 Å². The van der Waals surface area contributed by atoms with E-state index in [2.05, 4.69) is 13.8 Å². The van der Waals surface area contributed by atoms with Crippen LogP contribution in [0.4, 0.5) is 0 Å². The molecule has 15 heavy (non-hydrogen) atoms. The molecule has 0 aromatic heterocycles. The van der Waals surface area contributed by atoms with E-state index < -0.39 is 5.97 Å². The van der Waals surface area contributed by atoms with Gasteiger partial charge in [-0.25, -0.2) is 0 Å². The molecule has 0 heterocycles. The molecule has 0 aromatic carbocycles. The smallest absolute Gasteiger partial charge is 0.307 e. The van der Waals surface area contributed by atoms with Gasteiger partial charge >= 0.3 is 5.97 Å². The lowest BCUT2D eigenvalue weighted by molar-refractivity contribution is -0.139. The molecule has 0 unspecified atom stereocenters. The first-order valence-electron chi connectivity index (χ1n) is 5.84. The molecular formula is C12H20O2S. The van der Waals surface area contributed by atoms with Crippen LogP contribution < -0.4 is 0 Å². The molecule has 2 aliphatic carbocycles. The van der Waals surface area contributed by atoms with E-state index in [0.717, 1.165) is 11.7 Å². The number of hydrogen-bond acceptors (Lipinski definition) is 2. The fraction of sp³-hybridized carbons (Fsp3) is 0.917. The molecule has 86 valence electrons. The van der Waals surface area contributed by atoms with Crippen LogP contribution in [0, 0.1) is 23.2 Å². The molecule has 2 atom stereocenters. The molecule has 2 nitrogen and oxygen atoms in total. The summed E-state index contributed by atoms with van der Waals surface area (Å²) in [7, 11) is 0. The van der Waals surface area contributed by atoms with E-state index in [0.29, 0.717) is 5.92 Å². The summed E-state index contributed by atoms with van der Waals surface area (Å²) in [6, 6.07) is 0. The summed E-state index contributed by atoms with van der Waals surface area (Å²) in [5, 5.41) is 9.02. The second-order valence-corrected chi connectivity index (χ2v) is 6.65. The number of thioether (sulfide) groups is 1. The van der Waals surface area contributed by atoms with Gasteiger partial charge in [-0.1, -0.05) is 20.3 Å². The summed E-state index contributed by atoms with van der Waals surface area (Å²) < 4.78 is 0. The predicted molar refractivity (Wildman–Crippen MR) is 63.1 cm³/mol. The normalized spacial score (nSPS) is 33.5. The van der Waals surface area contributed by atoms with Crippen LogP contribution in [0.15, 0.2) is 0 Å². The standard InChI is InChI=1S/C12H20O2S/c1-12(2)9(10(12)11(13)14)7-15-6-8-4-3-5-8/h8-10H,3-7H2,1-2H3,(H,13,14)/t9-,10+/m1/s1. The molecule has 0 aromatic rings. The average Bonchev–Trinajstić information content (AvgIpc) is 2.58. The number of carboxylic acids is 1. The van der Waals surface area contributed by atoms with Gasteiger partial charge in [0, 0.05) is 0 Å². The highest BCUT2D eigenvalue weighted by Gasteiger charge is 2.61. The number of aliphatic carboxylic acids is 1. The zero-order valence-corrected chi connectivity index (χ0v) is 10.3. The Balaban J connectivity index is 1.69. The van der Waals surface area contributed by atoms with Crippen molar-refractivity contribution < 1.29 is 9.90 Å². The molecular weight excluding hydrogens is 208 g/mol.